The van der Waals surface area contributed by atoms with Crippen molar-refractivity contribution in [2.75, 3.05) is 5.32 Å². The van der Waals surface area contributed by atoms with E-state index in [1.54, 1.807) is 6.21 Å². The van der Waals surface area contributed by atoms with E-state index >= 15 is 0 Å². The Bertz CT molecular complexity index is 755. The molecule has 0 spiro atoms. The average Bonchev–Trinajstić information content (AvgIpc) is 2.61. The average molecular weight is 337 g/mol. The molecule has 0 saturated carbocycles. The monoisotopic (exact) mass is 337 g/mol. The van der Waals surface area contributed by atoms with E-state index in [2.05, 4.69) is 15.8 Å². The van der Waals surface area contributed by atoms with Gasteiger partial charge in [-0.05, 0) is 36.6 Å². The van der Waals surface area contributed by atoms with Crippen LogP contribution in [0.1, 0.15) is 29.5 Å². The van der Waals surface area contributed by atoms with Crippen molar-refractivity contribution < 1.29 is 9.59 Å². The first-order valence-corrected chi connectivity index (χ1v) is 8.26. The second-order valence-corrected chi connectivity index (χ2v) is 5.90. The summed E-state index contributed by atoms with van der Waals surface area (Å²) in [6, 6.07) is 15.7. The third-order valence-electron chi connectivity index (χ3n) is 3.70. The molecule has 0 radical (unpaired) electrons. The quantitative estimate of drug-likeness (QED) is 0.601. The van der Waals surface area contributed by atoms with Crippen molar-refractivity contribution in [3.63, 3.8) is 0 Å². The molecule has 0 atom stereocenters. The fraction of sp³-hybridized carbons (Fsp3) is 0.250. The SMILES string of the molecule is Cc1ccc(C)c(NC(=O)CCC(=O)N/N=C/Cc2ccccc2)c1. The molecule has 0 aliphatic rings. The fourth-order valence-electron chi connectivity index (χ4n) is 2.25. The van der Waals surface area contributed by atoms with Gasteiger partial charge in [-0.15, -0.1) is 0 Å². The summed E-state index contributed by atoms with van der Waals surface area (Å²) in [6.45, 7) is 3.90. The van der Waals surface area contributed by atoms with Crippen molar-refractivity contribution >= 4 is 23.7 Å². The van der Waals surface area contributed by atoms with Gasteiger partial charge >= 0.3 is 0 Å². The summed E-state index contributed by atoms with van der Waals surface area (Å²) in [5, 5.41) is 6.74. The normalized spacial score (nSPS) is 10.6. The van der Waals surface area contributed by atoms with Crippen LogP contribution in [0.25, 0.3) is 0 Å². The van der Waals surface area contributed by atoms with Crippen molar-refractivity contribution in [3.8, 4) is 0 Å². The van der Waals surface area contributed by atoms with Crippen LogP contribution in [0.5, 0.6) is 0 Å². The number of carbonyl (C=O) groups excluding carboxylic acids is 2. The maximum Gasteiger partial charge on any atom is 0.240 e. The van der Waals surface area contributed by atoms with Gasteiger partial charge in [0.1, 0.15) is 0 Å². The van der Waals surface area contributed by atoms with Crippen LogP contribution < -0.4 is 10.7 Å². The van der Waals surface area contributed by atoms with Gasteiger partial charge in [0.05, 0.1) is 0 Å². The first kappa shape index (κ1) is 18.4. The highest BCUT2D eigenvalue weighted by atomic mass is 16.2. The summed E-state index contributed by atoms with van der Waals surface area (Å²) in [5.41, 5.74) is 6.42. The number of hydrogen-bond donors (Lipinski definition) is 2. The van der Waals surface area contributed by atoms with E-state index in [1.165, 1.54) is 0 Å². The Labute approximate surface area is 148 Å². The lowest BCUT2D eigenvalue weighted by atomic mass is 10.1. The van der Waals surface area contributed by atoms with Crippen LogP contribution in [-0.2, 0) is 16.0 Å². The molecule has 0 fully saturated rings. The number of rotatable bonds is 7. The number of nitrogens with zero attached hydrogens (tertiary/aromatic N) is 1. The molecule has 2 aromatic rings. The second-order valence-electron chi connectivity index (χ2n) is 5.90. The molecule has 2 aromatic carbocycles. The summed E-state index contributed by atoms with van der Waals surface area (Å²) < 4.78 is 0. The molecule has 0 aromatic heterocycles. The van der Waals surface area contributed by atoms with Gasteiger partial charge in [-0.2, -0.15) is 5.10 Å². The minimum atomic E-state index is -0.277. The van der Waals surface area contributed by atoms with Crippen molar-refractivity contribution in [1.29, 1.82) is 0 Å². The van der Waals surface area contributed by atoms with Gasteiger partial charge in [-0.1, -0.05) is 42.5 Å². The molecular weight excluding hydrogens is 314 g/mol. The number of hydrogen-bond acceptors (Lipinski definition) is 3. The first-order chi connectivity index (χ1) is 12.0. The van der Waals surface area contributed by atoms with Gasteiger partial charge in [-0.3, -0.25) is 9.59 Å². The van der Waals surface area contributed by atoms with Gasteiger partial charge in [-0.25, -0.2) is 5.43 Å². The van der Waals surface area contributed by atoms with Crippen LogP contribution in [0, 0.1) is 13.8 Å². The number of hydrazone groups is 1. The number of carbonyl (C=O) groups is 2. The number of benzene rings is 2. The minimum absolute atomic E-state index is 0.0966. The number of aryl methyl sites for hydroxylation is 2. The summed E-state index contributed by atoms with van der Waals surface area (Å²) in [4.78, 5) is 23.7. The third-order valence-corrected chi connectivity index (χ3v) is 3.70. The number of anilines is 1. The zero-order valence-electron chi connectivity index (χ0n) is 14.6. The third kappa shape index (κ3) is 6.59. The maximum atomic E-state index is 12.0. The topological polar surface area (TPSA) is 70.6 Å². The van der Waals surface area contributed by atoms with Crippen LogP contribution in [-0.4, -0.2) is 18.0 Å². The lowest BCUT2D eigenvalue weighted by Crippen LogP contribution is -2.21. The molecule has 130 valence electrons. The molecule has 2 N–H and O–H groups in total. The highest BCUT2D eigenvalue weighted by molar-refractivity contribution is 5.93. The Morgan fingerprint density at radius 3 is 2.48 bits per heavy atom. The van der Waals surface area contributed by atoms with E-state index in [-0.39, 0.29) is 24.7 Å². The number of nitrogens with one attached hydrogen (secondary N) is 2. The smallest absolute Gasteiger partial charge is 0.240 e. The fourth-order valence-corrected chi connectivity index (χ4v) is 2.25. The molecule has 25 heavy (non-hydrogen) atoms. The predicted molar refractivity (Wildman–Crippen MR) is 101 cm³/mol. The van der Waals surface area contributed by atoms with Crippen molar-refractivity contribution in [1.82, 2.24) is 5.43 Å². The van der Waals surface area contributed by atoms with Crippen LogP contribution >= 0.6 is 0 Å². The van der Waals surface area contributed by atoms with Crippen LogP contribution in [0.4, 0.5) is 5.69 Å². The molecule has 0 unspecified atom stereocenters. The lowest BCUT2D eigenvalue weighted by Gasteiger charge is -2.09. The van der Waals surface area contributed by atoms with E-state index in [0.29, 0.717) is 6.42 Å². The summed E-state index contributed by atoms with van der Waals surface area (Å²) in [5.74, 6) is -0.461. The highest BCUT2D eigenvalue weighted by Crippen LogP contribution is 2.16. The Morgan fingerprint density at radius 1 is 1.00 bits per heavy atom. The van der Waals surface area contributed by atoms with Crippen LogP contribution in [0.15, 0.2) is 53.6 Å². The van der Waals surface area contributed by atoms with Gasteiger partial charge in [0.25, 0.3) is 0 Å². The molecule has 0 heterocycles. The number of amides is 2. The Hall–Kier alpha value is -2.95. The summed E-state index contributed by atoms with van der Waals surface area (Å²) >= 11 is 0. The van der Waals surface area contributed by atoms with Gasteiger partial charge in [0.2, 0.25) is 11.8 Å². The molecule has 5 nitrogen and oxygen atoms in total. The van der Waals surface area contributed by atoms with Crippen LogP contribution in [0.3, 0.4) is 0 Å². The summed E-state index contributed by atoms with van der Waals surface area (Å²) in [6.07, 6.45) is 2.50. The van der Waals surface area contributed by atoms with Gasteiger partial charge in [0, 0.05) is 31.2 Å². The van der Waals surface area contributed by atoms with Crippen molar-refractivity contribution in [3.05, 3.63) is 65.2 Å². The molecule has 0 saturated heterocycles. The molecule has 2 amide bonds. The largest absolute Gasteiger partial charge is 0.326 e. The molecule has 0 aliphatic carbocycles. The highest BCUT2D eigenvalue weighted by Gasteiger charge is 2.08. The molecular formula is C20H23N3O2. The van der Waals surface area contributed by atoms with Crippen LogP contribution in [0.2, 0.25) is 0 Å². The molecule has 0 bridgehead atoms. The molecule has 5 heteroatoms. The van der Waals surface area contributed by atoms with E-state index in [0.717, 1.165) is 22.4 Å². The van der Waals surface area contributed by atoms with E-state index < -0.39 is 0 Å². The minimum Gasteiger partial charge on any atom is -0.326 e. The Morgan fingerprint density at radius 2 is 1.72 bits per heavy atom. The molecule has 0 aliphatic heterocycles. The second kappa shape index (κ2) is 9.37. The Kier molecular flexibility index (Phi) is 6.89. The zero-order chi connectivity index (χ0) is 18.1. The van der Waals surface area contributed by atoms with E-state index in [9.17, 15) is 9.59 Å². The predicted octanol–water partition coefficient (Wildman–Crippen LogP) is 3.37. The van der Waals surface area contributed by atoms with Crippen molar-refractivity contribution in [2.24, 2.45) is 5.10 Å². The van der Waals surface area contributed by atoms with Gasteiger partial charge in [0.15, 0.2) is 0 Å². The Balaban J connectivity index is 1.70. The summed E-state index contributed by atoms with van der Waals surface area (Å²) in [7, 11) is 0. The standard InChI is InChI=1S/C20H23N3O2/c1-15-8-9-16(2)18(14-15)22-19(24)10-11-20(25)23-21-13-12-17-6-4-3-5-7-17/h3-9,13-14H,10-12H2,1-2H3,(H,22,24)(H,23,25)/b21-13+. The first-order valence-electron chi connectivity index (χ1n) is 8.26. The van der Waals surface area contributed by atoms with Gasteiger partial charge < -0.3 is 5.32 Å². The van der Waals surface area contributed by atoms with E-state index in [1.807, 2.05) is 62.4 Å². The zero-order valence-corrected chi connectivity index (χ0v) is 14.6. The van der Waals surface area contributed by atoms with E-state index in [4.69, 9.17) is 0 Å². The van der Waals surface area contributed by atoms with Crippen molar-refractivity contribution in [2.45, 2.75) is 33.1 Å². The lowest BCUT2D eigenvalue weighted by molar-refractivity contribution is -0.124. The molecule has 2 rings (SSSR count). The maximum absolute atomic E-state index is 12.0.